The SMILES string of the molecule is Nc1nc2cc(-c3ccc(Cl)c(C(=O)NCC(F)(F)[C@@H](O)C4CCC(F)(F)CC4)c3F)ccn2n1. The van der Waals surface area contributed by atoms with Crippen LogP contribution in [0.15, 0.2) is 30.5 Å². The maximum absolute atomic E-state index is 15.3. The fourth-order valence-electron chi connectivity index (χ4n) is 4.16. The summed E-state index contributed by atoms with van der Waals surface area (Å²) in [4.78, 5) is 16.6. The van der Waals surface area contributed by atoms with Crippen molar-refractivity contribution in [1.29, 1.82) is 0 Å². The van der Waals surface area contributed by atoms with Crippen molar-refractivity contribution >= 4 is 29.1 Å². The van der Waals surface area contributed by atoms with Gasteiger partial charge in [-0.3, -0.25) is 4.79 Å². The molecule has 2 heterocycles. The fourth-order valence-corrected chi connectivity index (χ4v) is 4.40. The molecular formula is C22H21ClF5N5O2. The van der Waals surface area contributed by atoms with Crippen LogP contribution in [-0.4, -0.2) is 50.1 Å². The topological polar surface area (TPSA) is 106 Å². The van der Waals surface area contributed by atoms with Crippen LogP contribution in [-0.2, 0) is 0 Å². The molecule has 0 spiro atoms. The Bertz CT molecular complexity index is 1260. The van der Waals surface area contributed by atoms with E-state index in [1.807, 2.05) is 5.32 Å². The number of nitrogens with two attached hydrogens (primary N) is 1. The minimum atomic E-state index is -3.83. The molecule has 7 nitrogen and oxygen atoms in total. The van der Waals surface area contributed by atoms with Crippen LogP contribution < -0.4 is 11.1 Å². The number of rotatable bonds is 6. The van der Waals surface area contributed by atoms with Crippen molar-refractivity contribution < 1.29 is 31.9 Å². The standard InChI is InChI=1S/C22H21ClF5N5O2/c23-14-2-1-13(12-5-8-33-15(9-12)31-20(29)32-33)17(24)16(14)19(35)30-10-22(27,28)18(34)11-3-6-21(25,26)7-4-11/h1-2,5,8-9,11,18,34H,3-4,6-7,10H2,(H2,29,32)(H,30,35)/t18-/m0/s1. The molecule has 0 radical (unpaired) electrons. The predicted molar refractivity (Wildman–Crippen MR) is 118 cm³/mol. The largest absolute Gasteiger partial charge is 0.386 e. The highest BCUT2D eigenvalue weighted by Gasteiger charge is 2.47. The lowest BCUT2D eigenvalue weighted by Gasteiger charge is -2.34. The Balaban J connectivity index is 1.51. The number of carbonyl (C=O) groups excluding carboxylic acids is 1. The average molecular weight is 518 g/mol. The summed E-state index contributed by atoms with van der Waals surface area (Å²) in [5, 5.41) is 15.6. The molecule has 1 aliphatic rings. The number of carbonyl (C=O) groups is 1. The first-order valence-corrected chi connectivity index (χ1v) is 11.1. The number of amides is 1. The summed E-state index contributed by atoms with van der Waals surface area (Å²) >= 11 is 5.99. The first-order valence-electron chi connectivity index (χ1n) is 10.7. The lowest BCUT2D eigenvalue weighted by molar-refractivity contribution is -0.146. The quantitative estimate of drug-likeness (QED) is 0.422. The molecule has 1 aromatic carbocycles. The monoisotopic (exact) mass is 517 g/mol. The van der Waals surface area contributed by atoms with Gasteiger partial charge in [-0.15, -0.1) is 5.10 Å². The third-order valence-corrected chi connectivity index (χ3v) is 6.42. The highest BCUT2D eigenvalue weighted by molar-refractivity contribution is 6.34. The summed E-state index contributed by atoms with van der Waals surface area (Å²) in [6.07, 6.45) is -2.52. The van der Waals surface area contributed by atoms with Crippen LogP contribution in [0.25, 0.3) is 16.8 Å². The molecule has 35 heavy (non-hydrogen) atoms. The lowest BCUT2D eigenvalue weighted by Crippen LogP contribution is -2.49. The van der Waals surface area contributed by atoms with Gasteiger partial charge in [-0.25, -0.2) is 26.5 Å². The molecule has 3 aromatic rings. The number of alkyl halides is 4. The van der Waals surface area contributed by atoms with Crippen molar-refractivity contribution in [3.05, 3.63) is 46.9 Å². The first-order chi connectivity index (χ1) is 16.4. The zero-order chi connectivity index (χ0) is 25.5. The molecule has 4 N–H and O–H groups in total. The maximum Gasteiger partial charge on any atom is 0.290 e. The summed E-state index contributed by atoms with van der Waals surface area (Å²) in [5.74, 6) is -10.1. The van der Waals surface area contributed by atoms with E-state index in [2.05, 4.69) is 10.1 Å². The van der Waals surface area contributed by atoms with Gasteiger partial charge in [0, 0.05) is 24.6 Å². The number of benzene rings is 1. The van der Waals surface area contributed by atoms with Gasteiger partial charge in [0.1, 0.15) is 11.9 Å². The highest BCUT2D eigenvalue weighted by Crippen LogP contribution is 2.40. The van der Waals surface area contributed by atoms with Crippen LogP contribution in [0.4, 0.5) is 27.9 Å². The number of nitrogens with one attached hydrogen (secondary N) is 1. The third-order valence-electron chi connectivity index (χ3n) is 6.11. The van der Waals surface area contributed by atoms with Crippen molar-refractivity contribution in [1.82, 2.24) is 19.9 Å². The Hall–Kier alpha value is -2.99. The van der Waals surface area contributed by atoms with Gasteiger partial charge in [-0.2, -0.15) is 4.98 Å². The summed E-state index contributed by atoms with van der Waals surface area (Å²) in [6.45, 7) is -1.33. The number of pyridine rings is 1. The van der Waals surface area contributed by atoms with Crippen molar-refractivity contribution in [3.63, 3.8) is 0 Å². The van der Waals surface area contributed by atoms with Gasteiger partial charge >= 0.3 is 0 Å². The summed E-state index contributed by atoms with van der Waals surface area (Å²) in [6, 6.07) is 5.52. The van der Waals surface area contributed by atoms with Gasteiger partial charge in [0.2, 0.25) is 11.9 Å². The number of nitrogens with zero attached hydrogens (tertiary/aromatic N) is 3. The lowest BCUT2D eigenvalue weighted by atomic mass is 9.81. The Kier molecular flexibility index (Phi) is 6.62. The number of aliphatic hydroxyl groups excluding tert-OH is 1. The Morgan fingerprint density at radius 2 is 2.00 bits per heavy atom. The normalized spacial score (nSPS) is 17.5. The van der Waals surface area contributed by atoms with Crippen LogP contribution >= 0.6 is 11.6 Å². The van der Waals surface area contributed by atoms with Crippen molar-refractivity contribution in [2.75, 3.05) is 12.3 Å². The van der Waals surface area contributed by atoms with Crippen molar-refractivity contribution in [2.24, 2.45) is 5.92 Å². The van der Waals surface area contributed by atoms with Crippen LogP contribution in [0.1, 0.15) is 36.0 Å². The minimum Gasteiger partial charge on any atom is -0.386 e. The molecule has 1 amide bonds. The van der Waals surface area contributed by atoms with E-state index in [9.17, 15) is 27.5 Å². The molecule has 0 saturated heterocycles. The Morgan fingerprint density at radius 1 is 1.31 bits per heavy atom. The van der Waals surface area contributed by atoms with E-state index in [1.165, 1.54) is 35.0 Å². The Morgan fingerprint density at radius 3 is 2.69 bits per heavy atom. The van der Waals surface area contributed by atoms with Gasteiger partial charge in [0.25, 0.3) is 11.8 Å². The molecule has 1 atom stereocenters. The summed E-state index contributed by atoms with van der Waals surface area (Å²) in [7, 11) is 0. The second-order valence-electron chi connectivity index (χ2n) is 8.55. The number of hydrogen-bond donors (Lipinski definition) is 3. The predicted octanol–water partition coefficient (Wildman–Crippen LogP) is 4.32. The second kappa shape index (κ2) is 9.23. The van der Waals surface area contributed by atoms with Gasteiger partial charge < -0.3 is 16.2 Å². The van der Waals surface area contributed by atoms with E-state index in [1.54, 1.807) is 0 Å². The minimum absolute atomic E-state index is 0.00356. The number of fused-ring (bicyclic) bond motifs is 1. The molecule has 4 rings (SSSR count). The van der Waals surface area contributed by atoms with E-state index in [-0.39, 0.29) is 29.4 Å². The maximum atomic E-state index is 15.3. The molecular weight excluding hydrogens is 497 g/mol. The van der Waals surface area contributed by atoms with Crippen LogP contribution in [0.2, 0.25) is 5.02 Å². The fraction of sp³-hybridized carbons (Fsp3) is 0.409. The first kappa shape index (κ1) is 25.1. The zero-order valence-corrected chi connectivity index (χ0v) is 18.9. The van der Waals surface area contributed by atoms with Gasteiger partial charge in [-0.05, 0) is 48.6 Å². The van der Waals surface area contributed by atoms with Crippen molar-refractivity contribution in [3.8, 4) is 11.1 Å². The zero-order valence-electron chi connectivity index (χ0n) is 18.1. The number of anilines is 1. The number of aromatic nitrogens is 3. The molecule has 188 valence electrons. The van der Waals surface area contributed by atoms with Gasteiger partial charge in [0.05, 0.1) is 17.1 Å². The summed E-state index contributed by atoms with van der Waals surface area (Å²) < 4.78 is 72.4. The van der Waals surface area contributed by atoms with E-state index in [0.29, 0.717) is 11.2 Å². The molecule has 0 unspecified atom stereocenters. The third kappa shape index (κ3) is 5.18. The van der Waals surface area contributed by atoms with Gasteiger partial charge in [0.15, 0.2) is 5.65 Å². The molecule has 2 aromatic heterocycles. The van der Waals surface area contributed by atoms with Crippen LogP contribution in [0, 0.1) is 11.7 Å². The highest BCUT2D eigenvalue weighted by atomic mass is 35.5. The van der Waals surface area contributed by atoms with E-state index >= 15 is 4.39 Å². The molecule has 1 saturated carbocycles. The number of aliphatic hydroxyl groups is 1. The molecule has 13 heteroatoms. The average Bonchev–Trinajstić information content (AvgIpc) is 3.16. The molecule has 0 bridgehead atoms. The van der Waals surface area contributed by atoms with Crippen LogP contribution in [0.3, 0.4) is 0 Å². The van der Waals surface area contributed by atoms with E-state index < -0.39 is 60.5 Å². The van der Waals surface area contributed by atoms with E-state index in [4.69, 9.17) is 17.3 Å². The van der Waals surface area contributed by atoms with Crippen molar-refractivity contribution in [2.45, 2.75) is 43.6 Å². The van der Waals surface area contributed by atoms with Crippen LogP contribution in [0.5, 0.6) is 0 Å². The Labute approximate surface area is 201 Å². The number of nitrogen functional groups attached to an aromatic ring is 1. The van der Waals surface area contributed by atoms with Gasteiger partial charge in [-0.1, -0.05) is 11.6 Å². The number of halogens is 6. The molecule has 0 aliphatic heterocycles. The molecule has 1 aliphatic carbocycles. The van der Waals surface area contributed by atoms with E-state index in [0.717, 1.165) is 0 Å². The summed E-state index contributed by atoms with van der Waals surface area (Å²) in [5.41, 5.74) is 5.46. The molecule has 1 fully saturated rings. The number of hydrogen-bond acceptors (Lipinski definition) is 5. The smallest absolute Gasteiger partial charge is 0.290 e. The second-order valence-corrected chi connectivity index (χ2v) is 8.96.